The highest BCUT2D eigenvalue weighted by Gasteiger charge is 2.14. The number of hydrogen-bond acceptors (Lipinski definition) is 3. The molecule has 0 unspecified atom stereocenters. The van der Waals surface area contributed by atoms with E-state index in [-0.39, 0.29) is 5.91 Å². The summed E-state index contributed by atoms with van der Waals surface area (Å²) >= 11 is 5.89. The van der Waals surface area contributed by atoms with Gasteiger partial charge in [0.05, 0.1) is 12.7 Å². The molecule has 100 valence electrons. The second kappa shape index (κ2) is 5.75. The monoisotopic (exact) mass is 279 g/mol. The Morgan fingerprint density at radius 1 is 1.47 bits per heavy atom. The largest absolute Gasteiger partial charge is 0.496 e. The molecule has 0 radical (unpaired) electrons. The van der Waals surface area contributed by atoms with Gasteiger partial charge in [-0.15, -0.1) is 0 Å². The molecule has 0 aliphatic carbocycles. The molecule has 5 nitrogen and oxygen atoms in total. The number of hydrogen-bond donors (Lipinski definition) is 1. The van der Waals surface area contributed by atoms with E-state index in [1.54, 1.807) is 35.1 Å². The lowest BCUT2D eigenvalue weighted by atomic mass is 10.2. The minimum atomic E-state index is -0.305. The summed E-state index contributed by atoms with van der Waals surface area (Å²) < 4.78 is 6.87. The van der Waals surface area contributed by atoms with Crippen molar-refractivity contribution in [2.45, 2.75) is 13.5 Å². The molecule has 2 aromatic rings. The lowest BCUT2D eigenvalue weighted by Gasteiger charge is -2.08. The number of benzene rings is 1. The summed E-state index contributed by atoms with van der Waals surface area (Å²) in [6, 6.07) is 6.62. The molecule has 19 heavy (non-hydrogen) atoms. The van der Waals surface area contributed by atoms with Gasteiger partial charge in [-0.25, -0.2) is 0 Å². The molecule has 0 aliphatic rings. The molecule has 1 heterocycles. The Kier molecular flexibility index (Phi) is 4.06. The van der Waals surface area contributed by atoms with Gasteiger partial charge in [-0.1, -0.05) is 11.6 Å². The number of rotatable bonds is 4. The van der Waals surface area contributed by atoms with Crippen molar-refractivity contribution < 1.29 is 9.53 Å². The molecule has 1 amide bonds. The summed E-state index contributed by atoms with van der Waals surface area (Å²) in [6.45, 7) is 2.72. The van der Waals surface area contributed by atoms with Gasteiger partial charge in [0.2, 0.25) is 0 Å². The van der Waals surface area contributed by atoms with Gasteiger partial charge in [-0.05, 0) is 25.1 Å². The maximum atomic E-state index is 12.1. The van der Waals surface area contributed by atoms with Gasteiger partial charge in [-0.3, -0.25) is 9.48 Å². The Labute approximate surface area is 116 Å². The number of anilines is 1. The van der Waals surface area contributed by atoms with Crippen molar-refractivity contribution >= 4 is 23.3 Å². The van der Waals surface area contributed by atoms with Crippen LogP contribution in [0.4, 0.5) is 5.82 Å². The molecule has 0 saturated carbocycles. The van der Waals surface area contributed by atoms with Gasteiger partial charge in [0.15, 0.2) is 5.82 Å². The van der Waals surface area contributed by atoms with E-state index in [1.807, 2.05) is 6.92 Å². The highest BCUT2D eigenvalue weighted by Crippen LogP contribution is 2.23. The number of carbonyl (C=O) groups is 1. The van der Waals surface area contributed by atoms with E-state index in [4.69, 9.17) is 16.3 Å². The molecule has 1 N–H and O–H groups in total. The van der Waals surface area contributed by atoms with E-state index in [1.165, 1.54) is 7.11 Å². The van der Waals surface area contributed by atoms with Gasteiger partial charge in [0, 0.05) is 23.8 Å². The quantitative estimate of drug-likeness (QED) is 0.936. The van der Waals surface area contributed by atoms with Crippen LogP contribution < -0.4 is 10.1 Å². The maximum Gasteiger partial charge on any atom is 0.260 e. The number of aryl methyl sites for hydroxylation is 1. The fourth-order valence-corrected chi connectivity index (χ4v) is 1.82. The van der Waals surface area contributed by atoms with Crippen LogP contribution in [0.3, 0.4) is 0 Å². The zero-order valence-corrected chi connectivity index (χ0v) is 11.4. The fourth-order valence-electron chi connectivity index (χ4n) is 1.65. The smallest absolute Gasteiger partial charge is 0.260 e. The third kappa shape index (κ3) is 3.06. The predicted molar refractivity (Wildman–Crippen MR) is 73.9 cm³/mol. The number of aromatic nitrogens is 2. The van der Waals surface area contributed by atoms with Gasteiger partial charge < -0.3 is 10.1 Å². The normalized spacial score (nSPS) is 10.3. The fraction of sp³-hybridized carbons (Fsp3) is 0.231. The molecule has 0 bridgehead atoms. The number of amides is 1. The Bertz CT molecular complexity index is 595. The topological polar surface area (TPSA) is 56.2 Å². The van der Waals surface area contributed by atoms with E-state index in [0.717, 1.165) is 6.54 Å². The molecule has 1 aromatic carbocycles. The second-order valence-corrected chi connectivity index (χ2v) is 4.29. The van der Waals surface area contributed by atoms with E-state index >= 15 is 0 Å². The van der Waals surface area contributed by atoms with Crippen molar-refractivity contribution in [2.24, 2.45) is 0 Å². The van der Waals surface area contributed by atoms with Crippen LogP contribution in [0.2, 0.25) is 5.02 Å². The van der Waals surface area contributed by atoms with E-state index in [2.05, 4.69) is 10.4 Å². The SMILES string of the molecule is CCn1ccc(NC(=O)c2cc(Cl)ccc2OC)n1. The molecule has 1 aromatic heterocycles. The zero-order valence-electron chi connectivity index (χ0n) is 10.7. The first-order valence-corrected chi connectivity index (χ1v) is 6.20. The highest BCUT2D eigenvalue weighted by molar-refractivity contribution is 6.31. The highest BCUT2D eigenvalue weighted by atomic mass is 35.5. The molecule has 0 saturated heterocycles. The molecular weight excluding hydrogens is 266 g/mol. The second-order valence-electron chi connectivity index (χ2n) is 3.86. The van der Waals surface area contributed by atoms with Gasteiger partial charge in [-0.2, -0.15) is 5.10 Å². The first kappa shape index (κ1) is 13.4. The van der Waals surface area contributed by atoms with Crippen LogP contribution in [0.5, 0.6) is 5.75 Å². The van der Waals surface area contributed by atoms with Crippen LogP contribution in [0.15, 0.2) is 30.5 Å². The van der Waals surface area contributed by atoms with Crippen molar-refractivity contribution in [3.05, 3.63) is 41.0 Å². The summed E-state index contributed by atoms with van der Waals surface area (Å²) in [7, 11) is 1.51. The maximum absolute atomic E-state index is 12.1. The van der Waals surface area contributed by atoms with E-state index < -0.39 is 0 Å². The van der Waals surface area contributed by atoms with Crippen LogP contribution >= 0.6 is 11.6 Å². The van der Waals surface area contributed by atoms with Crippen molar-refractivity contribution in [3.8, 4) is 5.75 Å². The zero-order chi connectivity index (χ0) is 13.8. The lowest BCUT2D eigenvalue weighted by Crippen LogP contribution is -2.14. The number of ether oxygens (including phenoxy) is 1. The van der Waals surface area contributed by atoms with Crippen LogP contribution in [-0.2, 0) is 6.54 Å². The number of nitrogens with zero attached hydrogens (tertiary/aromatic N) is 2. The predicted octanol–water partition coefficient (Wildman–Crippen LogP) is 2.82. The number of halogens is 1. The Morgan fingerprint density at radius 3 is 2.89 bits per heavy atom. The first-order chi connectivity index (χ1) is 9.13. The number of nitrogens with one attached hydrogen (secondary N) is 1. The third-order valence-corrected chi connectivity index (χ3v) is 2.85. The molecule has 0 aliphatic heterocycles. The van der Waals surface area contributed by atoms with Gasteiger partial charge >= 0.3 is 0 Å². The van der Waals surface area contributed by atoms with Crippen molar-refractivity contribution in [3.63, 3.8) is 0 Å². The van der Waals surface area contributed by atoms with E-state index in [0.29, 0.717) is 22.2 Å². The average molecular weight is 280 g/mol. The minimum absolute atomic E-state index is 0.305. The molecular formula is C13H14ClN3O2. The molecule has 6 heteroatoms. The van der Waals surface area contributed by atoms with Crippen LogP contribution in [0, 0.1) is 0 Å². The Hall–Kier alpha value is -2.01. The molecule has 2 rings (SSSR count). The van der Waals surface area contributed by atoms with Crippen molar-refractivity contribution in [1.82, 2.24) is 9.78 Å². The van der Waals surface area contributed by atoms with Crippen LogP contribution in [0.1, 0.15) is 17.3 Å². The summed E-state index contributed by atoms with van der Waals surface area (Å²) in [5.74, 6) is 0.659. The van der Waals surface area contributed by atoms with Gasteiger partial charge in [0.25, 0.3) is 5.91 Å². The molecule has 0 fully saturated rings. The standard InChI is InChI=1S/C13H14ClN3O2/c1-3-17-7-6-12(16-17)15-13(18)10-8-9(14)4-5-11(10)19-2/h4-8H,3H2,1-2H3,(H,15,16,18). The number of methoxy groups -OCH3 is 1. The lowest BCUT2D eigenvalue weighted by molar-refractivity contribution is 0.102. The minimum Gasteiger partial charge on any atom is -0.496 e. The van der Waals surface area contributed by atoms with Gasteiger partial charge in [0.1, 0.15) is 5.75 Å². The van der Waals surface area contributed by atoms with Crippen molar-refractivity contribution in [2.75, 3.05) is 12.4 Å². The summed E-state index contributed by atoms with van der Waals surface area (Å²) in [5, 5.41) is 7.37. The molecule has 0 atom stereocenters. The third-order valence-electron chi connectivity index (χ3n) is 2.61. The summed E-state index contributed by atoms with van der Waals surface area (Å²) in [6.07, 6.45) is 1.80. The number of carbonyl (C=O) groups excluding carboxylic acids is 1. The summed E-state index contributed by atoms with van der Waals surface area (Å²) in [5.41, 5.74) is 0.376. The Morgan fingerprint density at radius 2 is 2.26 bits per heavy atom. The van der Waals surface area contributed by atoms with Crippen LogP contribution in [0.25, 0.3) is 0 Å². The van der Waals surface area contributed by atoms with Crippen LogP contribution in [-0.4, -0.2) is 22.8 Å². The molecule has 0 spiro atoms. The first-order valence-electron chi connectivity index (χ1n) is 5.82. The average Bonchev–Trinajstić information content (AvgIpc) is 2.86. The Balaban J connectivity index is 2.21. The van der Waals surface area contributed by atoms with E-state index in [9.17, 15) is 4.79 Å². The summed E-state index contributed by atoms with van der Waals surface area (Å²) in [4.78, 5) is 12.1. The van der Waals surface area contributed by atoms with Crippen molar-refractivity contribution in [1.29, 1.82) is 0 Å².